The van der Waals surface area contributed by atoms with Gasteiger partial charge < -0.3 is 10.2 Å². The van der Waals surface area contributed by atoms with Crippen LogP contribution in [0.3, 0.4) is 0 Å². The van der Waals surface area contributed by atoms with Crippen LogP contribution in [0.4, 0.5) is 0 Å². The molecule has 0 aromatic heterocycles. The summed E-state index contributed by atoms with van der Waals surface area (Å²) in [4.78, 5) is 0. The molecule has 0 atom stereocenters. The summed E-state index contributed by atoms with van der Waals surface area (Å²) in [5.74, 6) is 0.896. The first-order valence-electron chi connectivity index (χ1n) is 9.54. The zero-order chi connectivity index (χ0) is 19.0. The average Bonchev–Trinajstić information content (AvgIpc) is 2.58. The van der Waals surface area contributed by atoms with Gasteiger partial charge in [0.2, 0.25) is 0 Å². The quantitative estimate of drug-likeness (QED) is 0.386. The van der Waals surface area contributed by atoms with Crippen LogP contribution >= 0.6 is 0 Å². The van der Waals surface area contributed by atoms with Crippen LogP contribution in [0.5, 0.6) is 0 Å². The molecule has 0 bridgehead atoms. The highest BCUT2D eigenvalue weighted by atomic mass is 16.3. The third-order valence-corrected chi connectivity index (χ3v) is 4.97. The van der Waals surface area contributed by atoms with Gasteiger partial charge in [0.25, 0.3) is 0 Å². The third-order valence-electron chi connectivity index (χ3n) is 4.97. The lowest BCUT2D eigenvalue weighted by molar-refractivity contribution is 0.289. The second-order valence-electron chi connectivity index (χ2n) is 7.54. The van der Waals surface area contributed by atoms with E-state index in [9.17, 15) is 10.2 Å². The Labute approximate surface area is 154 Å². The van der Waals surface area contributed by atoms with Crippen molar-refractivity contribution < 1.29 is 10.2 Å². The summed E-state index contributed by atoms with van der Waals surface area (Å²) in [6.45, 7) is 16.4. The van der Waals surface area contributed by atoms with Gasteiger partial charge in [-0.25, -0.2) is 0 Å². The van der Waals surface area contributed by atoms with Gasteiger partial charge in [0, 0.05) is 6.61 Å². The molecule has 25 heavy (non-hydrogen) atoms. The number of aliphatic hydroxyl groups is 2. The maximum Gasteiger partial charge on any atom is 0.117 e. The van der Waals surface area contributed by atoms with Crippen molar-refractivity contribution in [3.05, 3.63) is 58.4 Å². The zero-order valence-corrected chi connectivity index (χ0v) is 16.6. The van der Waals surface area contributed by atoms with Gasteiger partial charge in [0.15, 0.2) is 0 Å². The normalized spacial score (nSPS) is 17.1. The Morgan fingerprint density at radius 1 is 1.04 bits per heavy atom. The summed E-state index contributed by atoms with van der Waals surface area (Å²) in [7, 11) is 0. The van der Waals surface area contributed by atoms with E-state index in [1.807, 2.05) is 27.7 Å². The number of hydrogen-bond acceptors (Lipinski definition) is 2. The van der Waals surface area contributed by atoms with Crippen LogP contribution < -0.4 is 0 Å². The summed E-state index contributed by atoms with van der Waals surface area (Å²) >= 11 is 0. The van der Waals surface area contributed by atoms with E-state index in [0.29, 0.717) is 18.1 Å². The molecule has 0 heterocycles. The summed E-state index contributed by atoms with van der Waals surface area (Å²) in [5, 5.41) is 19.7. The Morgan fingerprint density at radius 3 is 2.12 bits per heavy atom. The van der Waals surface area contributed by atoms with Crippen LogP contribution in [0.1, 0.15) is 72.6 Å². The minimum atomic E-state index is 0.167. The van der Waals surface area contributed by atoms with Crippen molar-refractivity contribution in [3.8, 4) is 0 Å². The van der Waals surface area contributed by atoms with E-state index < -0.39 is 0 Å². The van der Waals surface area contributed by atoms with Crippen LogP contribution in [-0.4, -0.2) is 16.8 Å². The predicted octanol–water partition coefficient (Wildman–Crippen LogP) is 6.57. The topological polar surface area (TPSA) is 40.5 Å². The number of allylic oxidation sites excluding steroid dienone is 7. The molecule has 1 rings (SSSR count). The molecule has 0 unspecified atom stereocenters. The Hall–Kier alpha value is -1.54. The van der Waals surface area contributed by atoms with Crippen LogP contribution in [-0.2, 0) is 0 Å². The standard InChI is InChI=1S/C23H36O2/c1-16(2)22(19(6)23(25)17(3)4)21(18(5)11-10-14-24)15-20-12-8-7-9-13-20/h15,20,24-25H,1,5,7-14H2,2-4,6H3/b21-15+,22-19+. The molecule has 1 aliphatic rings. The maximum absolute atomic E-state index is 10.5. The molecule has 1 saturated carbocycles. The highest BCUT2D eigenvalue weighted by Crippen LogP contribution is 2.35. The van der Waals surface area contributed by atoms with Gasteiger partial charge in [-0.2, -0.15) is 0 Å². The lowest BCUT2D eigenvalue weighted by atomic mass is 9.82. The largest absolute Gasteiger partial charge is 0.508 e. The van der Waals surface area contributed by atoms with E-state index >= 15 is 0 Å². The van der Waals surface area contributed by atoms with Gasteiger partial charge >= 0.3 is 0 Å². The average molecular weight is 345 g/mol. The van der Waals surface area contributed by atoms with Crippen LogP contribution in [0.15, 0.2) is 58.4 Å². The van der Waals surface area contributed by atoms with Crippen molar-refractivity contribution in [3.63, 3.8) is 0 Å². The van der Waals surface area contributed by atoms with Crippen LogP contribution in [0, 0.1) is 5.92 Å². The Bertz CT molecular complexity index is 577. The molecular weight excluding hydrogens is 308 g/mol. The molecule has 2 heteroatoms. The highest BCUT2D eigenvalue weighted by Gasteiger charge is 2.19. The molecule has 0 aliphatic heterocycles. The molecule has 0 aromatic carbocycles. The second kappa shape index (κ2) is 10.5. The fourth-order valence-corrected chi connectivity index (χ4v) is 3.59. The monoisotopic (exact) mass is 344 g/mol. The van der Waals surface area contributed by atoms with Gasteiger partial charge in [-0.15, -0.1) is 0 Å². The van der Waals surface area contributed by atoms with Gasteiger partial charge in [-0.3, -0.25) is 0 Å². The van der Waals surface area contributed by atoms with Crippen molar-refractivity contribution in [2.75, 3.05) is 6.61 Å². The van der Waals surface area contributed by atoms with Crippen LogP contribution in [0.2, 0.25) is 0 Å². The number of hydrogen-bond donors (Lipinski definition) is 2. The minimum Gasteiger partial charge on any atom is -0.508 e. The Balaban J connectivity index is 3.41. The van der Waals surface area contributed by atoms with E-state index in [4.69, 9.17) is 0 Å². The summed E-state index contributed by atoms with van der Waals surface area (Å²) in [5.41, 5.74) is 5.84. The minimum absolute atomic E-state index is 0.167. The Kier molecular flexibility index (Phi) is 8.99. The van der Waals surface area contributed by atoms with Crippen LogP contribution in [0.25, 0.3) is 0 Å². The maximum atomic E-state index is 10.5. The summed E-state index contributed by atoms with van der Waals surface area (Å²) in [6, 6.07) is 0. The smallest absolute Gasteiger partial charge is 0.117 e. The van der Waals surface area contributed by atoms with Crippen molar-refractivity contribution in [1.82, 2.24) is 0 Å². The number of aliphatic hydroxyl groups excluding tert-OH is 2. The Morgan fingerprint density at radius 2 is 1.64 bits per heavy atom. The molecule has 0 aromatic rings. The van der Waals surface area contributed by atoms with Gasteiger partial charge in [-0.1, -0.05) is 44.1 Å². The van der Waals surface area contributed by atoms with Gasteiger partial charge in [0.05, 0.1) is 0 Å². The molecule has 0 amide bonds. The van der Waals surface area contributed by atoms with Crippen molar-refractivity contribution >= 4 is 0 Å². The SMILES string of the molecule is C=C(CCCO)C(=C\C1CCCCC1)/C(C(=C)C)=C(\C)C(O)=C(C)C. The van der Waals surface area contributed by atoms with Gasteiger partial charge in [-0.05, 0) is 87.2 Å². The molecule has 2 N–H and O–H groups in total. The zero-order valence-electron chi connectivity index (χ0n) is 16.6. The first-order valence-corrected chi connectivity index (χ1v) is 9.54. The van der Waals surface area contributed by atoms with E-state index in [-0.39, 0.29) is 6.61 Å². The van der Waals surface area contributed by atoms with Crippen molar-refractivity contribution in [1.29, 1.82) is 0 Å². The molecule has 0 saturated heterocycles. The fraction of sp³-hybridized carbons (Fsp3) is 0.565. The summed E-state index contributed by atoms with van der Waals surface area (Å²) < 4.78 is 0. The first-order chi connectivity index (χ1) is 11.8. The second-order valence-corrected chi connectivity index (χ2v) is 7.54. The van der Waals surface area contributed by atoms with E-state index in [2.05, 4.69) is 19.2 Å². The first kappa shape index (κ1) is 21.5. The van der Waals surface area contributed by atoms with Crippen molar-refractivity contribution in [2.24, 2.45) is 5.92 Å². The molecular formula is C23H36O2. The van der Waals surface area contributed by atoms with E-state index in [1.165, 1.54) is 32.1 Å². The van der Waals surface area contributed by atoms with Crippen molar-refractivity contribution in [2.45, 2.75) is 72.6 Å². The third kappa shape index (κ3) is 6.36. The molecule has 1 aliphatic carbocycles. The van der Waals surface area contributed by atoms with Gasteiger partial charge in [0.1, 0.15) is 5.76 Å². The fourth-order valence-electron chi connectivity index (χ4n) is 3.59. The van der Waals surface area contributed by atoms with E-state index in [0.717, 1.165) is 39.9 Å². The predicted molar refractivity (Wildman–Crippen MR) is 109 cm³/mol. The molecule has 0 radical (unpaired) electrons. The molecule has 0 spiro atoms. The highest BCUT2D eigenvalue weighted by molar-refractivity contribution is 5.59. The number of rotatable bonds is 8. The molecule has 1 fully saturated rings. The lowest BCUT2D eigenvalue weighted by Gasteiger charge is -2.24. The summed E-state index contributed by atoms with van der Waals surface area (Å²) in [6.07, 6.45) is 10.1. The molecule has 2 nitrogen and oxygen atoms in total. The van der Waals surface area contributed by atoms with E-state index in [1.54, 1.807) is 0 Å². The lowest BCUT2D eigenvalue weighted by Crippen LogP contribution is -2.08. The molecule has 140 valence electrons.